The van der Waals surface area contributed by atoms with Crippen LogP contribution in [0.1, 0.15) is 18.4 Å². The van der Waals surface area contributed by atoms with Gasteiger partial charge in [0, 0.05) is 13.7 Å². The van der Waals surface area contributed by atoms with Crippen LogP contribution in [0.25, 0.3) is 0 Å². The molecule has 1 aliphatic rings. The number of hydrogen-bond acceptors (Lipinski definition) is 4. The Bertz CT molecular complexity index is 475. The number of rotatable bonds is 5. The Labute approximate surface area is 126 Å². The lowest BCUT2D eigenvalue weighted by Gasteiger charge is -2.41. The van der Waals surface area contributed by atoms with E-state index in [9.17, 15) is 4.79 Å². The lowest BCUT2D eigenvalue weighted by molar-refractivity contribution is -0.141. The molecule has 2 N–H and O–H groups in total. The first-order chi connectivity index (χ1) is 10.1. The molecule has 1 aromatic carbocycles. The minimum Gasteiger partial charge on any atom is -0.491 e. The number of carbonyl (C=O) groups is 1. The molecule has 0 aromatic heterocycles. The Kier molecular flexibility index (Phi) is 5.20. The van der Waals surface area contributed by atoms with Crippen molar-refractivity contribution in [3.63, 3.8) is 0 Å². The lowest BCUT2D eigenvalue weighted by Crippen LogP contribution is -2.55. The van der Waals surface area contributed by atoms with Gasteiger partial charge in [-0.3, -0.25) is 4.79 Å². The summed E-state index contributed by atoms with van der Waals surface area (Å²) < 4.78 is 11.6. The summed E-state index contributed by atoms with van der Waals surface area (Å²) in [5, 5.41) is 0. The van der Waals surface area contributed by atoms with Gasteiger partial charge in [0.15, 0.2) is 0 Å². The fraction of sp³-hybridized carbons (Fsp3) is 0.562. The molecule has 0 bridgehead atoms. The van der Waals surface area contributed by atoms with Gasteiger partial charge in [-0.2, -0.15) is 0 Å². The molecule has 1 saturated heterocycles. The van der Waals surface area contributed by atoms with Gasteiger partial charge in [-0.1, -0.05) is 17.7 Å². The van der Waals surface area contributed by atoms with Gasteiger partial charge in [0.1, 0.15) is 18.0 Å². The van der Waals surface area contributed by atoms with Crippen molar-refractivity contribution in [2.45, 2.75) is 25.4 Å². The molecule has 5 heteroatoms. The van der Waals surface area contributed by atoms with Crippen molar-refractivity contribution < 1.29 is 14.3 Å². The van der Waals surface area contributed by atoms with Crippen molar-refractivity contribution in [2.75, 3.05) is 33.4 Å². The number of aryl methyl sites for hydroxylation is 1. The second-order valence-electron chi connectivity index (χ2n) is 5.61. The molecule has 1 aliphatic heterocycles. The molecule has 5 nitrogen and oxygen atoms in total. The molecule has 0 unspecified atom stereocenters. The van der Waals surface area contributed by atoms with Gasteiger partial charge in [0.05, 0.1) is 13.1 Å². The second kappa shape index (κ2) is 6.91. The number of methoxy groups -OCH3 is 1. The molecule has 1 aromatic rings. The zero-order valence-corrected chi connectivity index (χ0v) is 12.8. The molecule has 2 rings (SSSR count). The lowest BCUT2D eigenvalue weighted by atomic mass is 9.93. The van der Waals surface area contributed by atoms with E-state index in [0.717, 1.165) is 25.1 Å². The second-order valence-corrected chi connectivity index (χ2v) is 5.61. The molecule has 1 atom stereocenters. The van der Waals surface area contributed by atoms with Gasteiger partial charge in [0.2, 0.25) is 5.91 Å². The number of benzene rings is 1. The maximum atomic E-state index is 11.8. The van der Waals surface area contributed by atoms with Crippen LogP contribution in [0.3, 0.4) is 0 Å². The summed E-state index contributed by atoms with van der Waals surface area (Å²) in [4.78, 5) is 13.6. The average molecular weight is 292 g/mol. The minimum atomic E-state index is -0.450. The summed E-state index contributed by atoms with van der Waals surface area (Å²) in [5.74, 6) is 0.783. The van der Waals surface area contributed by atoms with Gasteiger partial charge < -0.3 is 20.1 Å². The predicted molar refractivity (Wildman–Crippen MR) is 81.3 cm³/mol. The van der Waals surface area contributed by atoms with E-state index in [4.69, 9.17) is 15.2 Å². The van der Waals surface area contributed by atoms with Crippen LogP contribution in [0, 0.1) is 6.92 Å². The van der Waals surface area contributed by atoms with E-state index in [2.05, 4.69) is 0 Å². The number of amides is 1. The quantitative estimate of drug-likeness (QED) is 0.889. The Morgan fingerprint density at radius 2 is 2.10 bits per heavy atom. The van der Waals surface area contributed by atoms with Gasteiger partial charge >= 0.3 is 0 Å². The number of piperidine rings is 1. The van der Waals surface area contributed by atoms with Crippen LogP contribution < -0.4 is 10.5 Å². The number of likely N-dealkylation sites (tertiary alicyclic amines) is 1. The summed E-state index contributed by atoms with van der Waals surface area (Å²) in [7, 11) is 1.68. The predicted octanol–water partition coefficient (Wildman–Crippen LogP) is 1.34. The first-order valence-corrected chi connectivity index (χ1v) is 7.31. The number of carbonyl (C=O) groups excluding carboxylic acids is 1. The van der Waals surface area contributed by atoms with Crippen molar-refractivity contribution in [1.29, 1.82) is 0 Å². The van der Waals surface area contributed by atoms with Crippen LogP contribution in [0.5, 0.6) is 5.75 Å². The molecule has 116 valence electrons. The molecule has 0 saturated carbocycles. The van der Waals surface area contributed by atoms with Gasteiger partial charge in [-0.05, 0) is 31.9 Å². The highest BCUT2D eigenvalue weighted by Crippen LogP contribution is 2.26. The number of nitrogens with two attached hydrogens (primary N) is 1. The molecule has 0 spiro atoms. The van der Waals surface area contributed by atoms with Gasteiger partial charge in [0.25, 0.3) is 0 Å². The van der Waals surface area contributed by atoms with E-state index in [1.54, 1.807) is 12.0 Å². The maximum Gasteiger partial charge on any atom is 0.236 e. The largest absolute Gasteiger partial charge is 0.491 e. The van der Waals surface area contributed by atoms with Crippen LogP contribution in [0.15, 0.2) is 24.3 Å². The zero-order valence-electron chi connectivity index (χ0n) is 12.8. The normalized spacial score (nSPS) is 22.1. The Morgan fingerprint density at radius 1 is 1.38 bits per heavy atom. The smallest absolute Gasteiger partial charge is 0.236 e. The molecule has 1 fully saturated rings. The van der Waals surface area contributed by atoms with Gasteiger partial charge in [-0.15, -0.1) is 0 Å². The average Bonchev–Trinajstić information content (AvgIpc) is 2.54. The van der Waals surface area contributed by atoms with Crippen molar-refractivity contribution in [3.8, 4) is 5.75 Å². The monoisotopic (exact) mass is 292 g/mol. The summed E-state index contributed by atoms with van der Waals surface area (Å²) >= 11 is 0. The third kappa shape index (κ3) is 3.95. The van der Waals surface area contributed by atoms with E-state index in [1.807, 2.05) is 31.2 Å². The first kappa shape index (κ1) is 15.8. The van der Waals surface area contributed by atoms with E-state index in [0.29, 0.717) is 13.2 Å². The molecular formula is C16H24N2O3. The Morgan fingerprint density at radius 3 is 2.71 bits per heavy atom. The van der Waals surface area contributed by atoms with Crippen molar-refractivity contribution in [2.24, 2.45) is 5.73 Å². The van der Waals surface area contributed by atoms with E-state index < -0.39 is 5.60 Å². The van der Waals surface area contributed by atoms with Crippen LogP contribution in [0.2, 0.25) is 0 Å². The summed E-state index contributed by atoms with van der Waals surface area (Å²) in [6.07, 6.45) is 1.78. The first-order valence-electron chi connectivity index (χ1n) is 7.31. The highest BCUT2D eigenvalue weighted by Gasteiger charge is 2.37. The highest BCUT2D eigenvalue weighted by molar-refractivity contribution is 5.78. The highest BCUT2D eigenvalue weighted by atomic mass is 16.5. The third-order valence-electron chi connectivity index (χ3n) is 4.02. The van der Waals surface area contributed by atoms with Crippen LogP contribution in [-0.4, -0.2) is 49.8 Å². The fourth-order valence-electron chi connectivity index (χ4n) is 2.63. The molecule has 21 heavy (non-hydrogen) atoms. The molecule has 0 aliphatic carbocycles. The van der Waals surface area contributed by atoms with Crippen molar-refractivity contribution >= 4 is 5.91 Å². The standard InChI is InChI=1S/C16H24N2O3/c1-13-4-6-14(7-5-13)21-12-16(20-2)8-3-9-18(11-16)15(19)10-17/h4-7H,3,8-12,17H2,1-2H3/t16-/m1/s1. The summed E-state index contributed by atoms with van der Waals surface area (Å²) in [6.45, 7) is 3.79. The SMILES string of the molecule is CO[C@]1(COc2ccc(C)cc2)CCCN(C(=O)CN)C1. The molecule has 1 amide bonds. The minimum absolute atomic E-state index is 0.0357. The van der Waals surface area contributed by atoms with E-state index in [1.165, 1.54) is 5.56 Å². The topological polar surface area (TPSA) is 64.8 Å². The molecular weight excluding hydrogens is 268 g/mol. The third-order valence-corrected chi connectivity index (χ3v) is 4.02. The van der Waals surface area contributed by atoms with Crippen LogP contribution in [-0.2, 0) is 9.53 Å². The fourth-order valence-corrected chi connectivity index (χ4v) is 2.63. The maximum absolute atomic E-state index is 11.8. The van der Waals surface area contributed by atoms with Crippen molar-refractivity contribution in [1.82, 2.24) is 4.90 Å². The zero-order chi connectivity index (χ0) is 15.3. The van der Waals surface area contributed by atoms with Gasteiger partial charge in [-0.25, -0.2) is 0 Å². The molecule has 1 heterocycles. The summed E-state index contributed by atoms with van der Waals surface area (Å²) in [6, 6.07) is 7.93. The van der Waals surface area contributed by atoms with Crippen LogP contribution >= 0.6 is 0 Å². The van der Waals surface area contributed by atoms with Crippen LogP contribution in [0.4, 0.5) is 0 Å². The Hall–Kier alpha value is -1.59. The number of ether oxygens (including phenoxy) is 2. The molecule has 0 radical (unpaired) electrons. The Balaban J connectivity index is 2.00. The number of nitrogens with zero attached hydrogens (tertiary/aromatic N) is 1. The summed E-state index contributed by atoms with van der Waals surface area (Å²) in [5.41, 5.74) is 6.19. The van der Waals surface area contributed by atoms with Crippen molar-refractivity contribution in [3.05, 3.63) is 29.8 Å². The van der Waals surface area contributed by atoms with E-state index >= 15 is 0 Å². The van der Waals surface area contributed by atoms with E-state index in [-0.39, 0.29) is 12.5 Å². The number of hydrogen-bond donors (Lipinski definition) is 1.